The van der Waals surface area contributed by atoms with Crippen LogP contribution >= 0.6 is 12.4 Å². The van der Waals surface area contributed by atoms with Crippen LogP contribution in [0.3, 0.4) is 0 Å². The Labute approximate surface area is 189 Å². The molecule has 0 unspecified atom stereocenters. The van der Waals surface area contributed by atoms with Crippen molar-refractivity contribution in [2.24, 2.45) is 5.73 Å². The van der Waals surface area contributed by atoms with Crippen LogP contribution in [0.4, 0.5) is 0 Å². The molecule has 0 atom stereocenters. The second kappa shape index (κ2) is 10.1. The van der Waals surface area contributed by atoms with Crippen LogP contribution in [-0.2, 0) is 10.1 Å². The molecule has 8 nitrogen and oxygen atoms in total. The third-order valence-corrected chi connectivity index (χ3v) is 6.47. The van der Waals surface area contributed by atoms with Crippen molar-refractivity contribution in [2.75, 3.05) is 27.3 Å². The lowest BCUT2D eigenvalue weighted by atomic mass is 9.88. The lowest BCUT2D eigenvalue weighted by molar-refractivity contribution is 0.301. The van der Waals surface area contributed by atoms with Gasteiger partial charge in [-0.3, -0.25) is 5.41 Å². The second-order valence-electron chi connectivity index (χ2n) is 7.25. The normalized spacial score (nSPS) is 14.5. The molecule has 0 saturated carbocycles. The van der Waals surface area contributed by atoms with E-state index in [4.69, 9.17) is 24.8 Å². The molecule has 1 saturated heterocycles. The third-order valence-electron chi connectivity index (χ3n) is 5.24. The number of guanidine groups is 1. The SMILES string of the molecule is COc1cccc(S(=O)(=O)Oc2cc(C)cc(C3CCN(C(=N)N)CC3)c2OC)c1.Cl. The van der Waals surface area contributed by atoms with Crippen molar-refractivity contribution in [2.45, 2.75) is 30.6 Å². The lowest BCUT2D eigenvalue weighted by Gasteiger charge is -2.33. The van der Waals surface area contributed by atoms with E-state index in [1.807, 2.05) is 17.9 Å². The van der Waals surface area contributed by atoms with Crippen LogP contribution in [0.2, 0.25) is 0 Å². The molecule has 170 valence electrons. The predicted octanol–water partition coefficient (Wildman–Crippen LogP) is 3.27. The fourth-order valence-corrected chi connectivity index (χ4v) is 4.67. The number of rotatable bonds is 6. The molecule has 3 N–H and O–H groups in total. The number of hydrogen-bond donors (Lipinski definition) is 2. The van der Waals surface area contributed by atoms with Gasteiger partial charge in [-0.15, -0.1) is 12.4 Å². The summed E-state index contributed by atoms with van der Waals surface area (Å²) in [6.07, 6.45) is 1.56. The highest BCUT2D eigenvalue weighted by molar-refractivity contribution is 7.87. The van der Waals surface area contributed by atoms with Crippen molar-refractivity contribution in [1.82, 2.24) is 4.90 Å². The van der Waals surface area contributed by atoms with Crippen LogP contribution in [0.25, 0.3) is 0 Å². The van der Waals surface area contributed by atoms with Gasteiger partial charge in [0.1, 0.15) is 10.6 Å². The zero-order valence-electron chi connectivity index (χ0n) is 17.8. The molecule has 10 heteroatoms. The van der Waals surface area contributed by atoms with Crippen molar-refractivity contribution in [1.29, 1.82) is 5.41 Å². The van der Waals surface area contributed by atoms with Crippen molar-refractivity contribution < 1.29 is 22.1 Å². The van der Waals surface area contributed by atoms with E-state index in [0.29, 0.717) is 24.6 Å². The van der Waals surface area contributed by atoms with Gasteiger partial charge in [-0.05, 0) is 49.4 Å². The van der Waals surface area contributed by atoms with E-state index in [2.05, 4.69) is 0 Å². The first kappa shape index (κ1) is 24.6. The average Bonchev–Trinajstić information content (AvgIpc) is 2.73. The van der Waals surface area contributed by atoms with Crippen molar-refractivity contribution in [3.05, 3.63) is 47.5 Å². The van der Waals surface area contributed by atoms with E-state index in [9.17, 15) is 8.42 Å². The highest BCUT2D eigenvalue weighted by Gasteiger charge is 2.28. The number of nitrogens with two attached hydrogens (primary N) is 1. The van der Waals surface area contributed by atoms with Gasteiger partial charge >= 0.3 is 10.1 Å². The van der Waals surface area contributed by atoms with Gasteiger partial charge in [-0.25, -0.2) is 0 Å². The fraction of sp³-hybridized carbons (Fsp3) is 0.381. The molecule has 1 aliphatic rings. The zero-order chi connectivity index (χ0) is 21.9. The van der Waals surface area contributed by atoms with E-state index in [1.54, 1.807) is 18.2 Å². The number of ether oxygens (including phenoxy) is 2. The van der Waals surface area contributed by atoms with Gasteiger partial charge in [0, 0.05) is 24.7 Å². The molecule has 0 aliphatic carbocycles. The number of hydrogen-bond acceptors (Lipinski definition) is 6. The highest BCUT2D eigenvalue weighted by atomic mass is 35.5. The molecule has 0 radical (unpaired) electrons. The first-order valence-electron chi connectivity index (χ1n) is 9.61. The van der Waals surface area contributed by atoms with Gasteiger partial charge in [0.2, 0.25) is 0 Å². The molecule has 0 bridgehead atoms. The number of aryl methyl sites for hydroxylation is 1. The summed E-state index contributed by atoms with van der Waals surface area (Å²) in [6.45, 7) is 3.21. The Balaban J connectivity index is 0.00000341. The van der Waals surface area contributed by atoms with Crippen LogP contribution in [-0.4, -0.2) is 46.6 Å². The molecular formula is C21H28ClN3O5S. The van der Waals surface area contributed by atoms with Gasteiger partial charge < -0.3 is 24.3 Å². The van der Waals surface area contributed by atoms with Crippen LogP contribution < -0.4 is 19.4 Å². The third kappa shape index (κ3) is 5.54. The monoisotopic (exact) mass is 469 g/mol. The Bertz CT molecular complexity index is 1040. The van der Waals surface area contributed by atoms with E-state index in [1.165, 1.54) is 26.4 Å². The fourth-order valence-electron chi connectivity index (χ4n) is 3.71. The summed E-state index contributed by atoms with van der Waals surface area (Å²) in [4.78, 5) is 1.82. The number of halogens is 1. The maximum absolute atomic E-state index is 12.9. The quantitative estimate of drug-likeness (QED) is 0.379. The van der Waals surface area contributed by atoms with Crippen LogP contribution in [0.15, 0.2) is 41.3 Å². The van der Waals surface area contributed by atoms with Gasteiger partial charge in [-0.1, -0.05) is 12.1 Å². The minimum Gasteiger partial charge on any atom is -0.497 e. The average molecular weight is 470 g/mol. The van der Waals surface area contributed by atoms with E-state index in [-0.39, 0.29) is 34.9 Å². The summed E-state index contributed by atoms with van der Waals surface area (Å²) >= 11 is 0. The number of nitrogens with zero attached hydrogens (tertiary/aromatic N) is 1. The standard InChI is InChI=1S/C21H27N3O5S.ClH/c1-14-11-18(15-7-9-24(10-8-15)21(22)23)20(28-3)19(12-14)29-30(25,26)17-6-4-5-16(13-17)27-2;/h4-6,11-13,15H,7-10H2,1-3H3,(H3,22,23);1H. The first-order chi connectivity index (χ1) is 14.2. The summed E-state index contributed by atoms with van der Waals surface area (Å²) in [7, 11) is -1.10. The minimum atomic E-state index is -4.08. The Morgan fingerprint density at radius 3 is 2.39 bits per heavy atom. The summed E-state index contributed by atoms with van der Waals surface area (Å²) in [5.41, 5.74) is 7.36. The van der Waals surface area contributed by atoms with E-state index < -0.39 is 10.1 Å². The smallest absolute Gasteiger partial charge is 0.339 e. The maximum atomic E-state index is 12.9. The minimum absolute atomic E-state index is 0. The molecule has 3 rings (SSSR count). The molecule has 0 spiro atoms. The molecule has 1 fully saturated rings. The van der Waals surface area contributed by atoms with Crippen molar-refractivity contribution >= 4 is 28.5 Å². The summed E-state index contributed by atoms with van der Waals surface area (Å²) in [5, 5.41) is 7.60. The maximum Gasteiger partial charge on any atom is 0.339 e. The molecule has 0 amide bonds. The summed E-state index contributed by atoms with van der Waals surface area (Å²) in [6, 6.07) is 9.78. The number of piperidine rings is 1. The number of methoxy groups -OCH3 is 2. The summed E-state index contributed by atoms with van der Waals surface area (Å²) in [5.74, 6) is 1.21. The number of benzene rings is 2. The highest BCUT2D eigenvalue weighted by Crippen LogP contribution is 2.42. The summed E-state index contributed by atoms with van der Waals surface area (Å²) < 4.78 is 42.0. The van der Waals surface area contributed by atoms with Crippen LogP contribution in [0.1, 0.15) is 29.9 Å². The Kier molecular flexibility index (Phi) is 8.02. The first-order valence-corrected chi connectivity index (χ1v) is 11.0. The Hall–Kier alpha value is -2.65. The molecule has 2 aromatic rings. The van der Waals surface area contributed by atoms with E-state index in [0.717, 1.165) is 24.0 Å². The topological polar surface area (TPSA) is 115 Å². The van der Waals surface area contributed by atoms with Crippen LogP contribution in [0, 0.1) is 12.3 Å². The number of nitrogens with one attached hydrogen (secondary N) is 1. The van der Waals surface area contributed by atoms with Crippen LogP contribution in [0.5, 0.6) is 17.2 Å². The predicted molar refractivity (Wildman–Crippen MR) is 121 cm³/mol. The van der Waals surface area contributed by atoms with E-state index >= 15 is 0 Å². The molecule has 0 aromatic heterocycles. The Morgan fingerprint density at radius 1 is 1.13 bits per heavy atom. The van der Waals surface area contributed by atoms with Gasteiger partial charge in [0.15, 0.2) is 17.5 Å². The molecule has 1 heterocycles. The lowest BCUT2D eigenvalue weighted by Crippen LogP contribution is -2.41. The second-order valence-corrected chi connectivity index (χ2v) is 8.79. The number of likely N-dealkylation sites (tertiary alicyclic amines) is 1. The Morgan fingerprint density at radius 2 is 1.81 bits per heavy atom. The van der Waals surface area contributed by atoms with Crippen molar-refractivity contribution in [3.8, 4) is 17.2 Å². The van der Waals surface area contributed by atoms with Gasteiger partial charge in [0.05, 0.1) is 14.2 Å². The molecular weight excluding hydrogens is 442 g/mol. The van der Waals surface area contributed by atoms with Gasteiger partial charge in [-0.2, -0.15) is 8.42 Å². The molecule has 1 aliphatic heterocycles. The van der Waals surface area contributed by atoms with Crippen molar-refractivity contribution in [3.63, 3.8) is 0 Å². The molecule has 31 heavy (non-hydrogen) atoms. The van der Waals surface area contributed by atoms with Gasteiger partial charge in [0.25, 0.3) is 0 Å². The molecule has 2 aromatic carbocycles. The zero-order valence-corrected chi connectivity index (χ0v) is 19.4. The largest absolute Gasteiger partial charge is 0.497 e.